The standard InChI is InChI=1S/C14H18N2O3/c17-13(18)16-6-3-14(4-7-16)8-12(10-19-14)11-2-1-5-15-9-11/h1-2,5,9,12H,3-4,6-8,10H2,(H,17,18). The van der Waals surface area contributed by atoms with Crippen molar-refractivity contribution in [3.63, 3.8) is 0 Å². The number of carbonyl (C=O) groups is 1. The van der Waals surface area contributed by atoms with Crippen molar-refractivity contribution in [1.82, 2.24) is 9.88 Å². The third-order valence-electron chi connectivity index (χ3n) is 4.31. The average Bonchev–Trinajstić information content (AvgIpc) is 2.84. The summed E-state index contributed by atoms with van der Waals surface area (Å²) < 4.78 is 6.03. The van der Waals surface area contributed by atoms with Crippen LogP contribution in [0.3, 0.4) is 0 Å². The number of pyridine rings is 1. The van der Waals surface area contributed by atoms with Gasteiger partial charge in [-0.05, 0) is 30.9 Å². The Morgan fingerprint density at radius 1 is 1.47 bits per heavy atom. The molecule has 5 heteroatoms. The van der Waals surface area contributed by atoms with E-state index in [0.717, 1.165) is 25.9 Å². The Hall–Kier alpha value is -1.62. The number of rotatable bonds is 1. The normalized spacial score (nSPS) is 25.7. The molecule has 1 amide bonds. The van der Waals surface area contributed by atoms with Gasteiger partial charge >= 0.3 is 6.09 Å². The van der Waals surface area contributed by atoms with Crippen LogP contribution in [0.5, 0.6) is 0 Å². The molecule has 3 rings (SSSR count). The molecule has 1 aromatic heterocycles. The molecule has 0 aromatic carbocycles. The lowest BCUT2D eigenvalue weighted by atomic mass is 9.83. The fourth-order valence-electron chi connectivity index (χ4n) is 3.13. The lowest BCUT2D eigenvalue weighted by molar-refractivity contribution is -0.0394. The Kier molecular flexibility index (Phi) is 3.14. The molecule has 2 saturated heterocycles. The number of ether oxygens (including phenoxy) is 1. The van der Waals surface area contributed by atoms with E-state index in [0.29, 0.717) is 19.0 Å². The lowest BCUT2D eigenvalue weighted by Crippen LogP contribution is -2.45. The number of amides is 1. The van der Waals surface area contributed by atoms with Gasteiger partial charge in [-0.25, -0.2) is 4.79 Å². The first-order chi connectivity index (χ1) is 9.19. The van der Waals surface area contributed by atoms with Crippen LogP contribution in [0.25, 0.3) is 0 Å². The molecular weight excluding hydrogens is 244 g/mol. The Balaban J connectivity index is 1.65. The monoisotopic (exact) mass is 262 g/mol. The number of carboxylic acid groups (broad SMARTS) is 1. The van der Waals surface area contributed by atoms with E-state index < -0.39 is 6.09 Å². The zero-order chi connectivity index (χ0) is 13.3. The largest absolute Gasteiger partial charge is 0.465 e. The van der Waals surface area contributed by atoms with Gasteiger partial charge in [-0.15, -0.1) is 0 Å². The fraction of sp³-hybridized carbons (Fsp3) is 0.571. The van der Waals surface area contributed by atoms with Gasteiger partial charge in [-0.2, -0.15) is 0 Å². The molecule has 0 bridgehead atoms. The van der Waals surface area contributed by atoms with Gasteiger partial charge < -0.3 is 14.7 Å². The van der Waals surface area contributed by atoms with E-state index in [1.807, 2.05) is 12.3 Å². The van der Waals surface area contributed by atoms with E-state index >= 15 is 0 Å². The molecule has 102 valence electrons. The minimum atomic E-state index is -0.823. The summed E-state index contributed by atoms with van der Waals surface area (Å²) >= 11 is 0. The number of hydrogen-bond donors (Lipinski definition) is 1. The quantitative estimate of drug-likeness (QED) is 0.841. The molecule has 0 aliphatic carbocycles. The van der Waals surface area contributed by atoms with Crippen LogP contribution in [0, 0.1) is 0 Å². The fourth-order valence-corrected chi connectivity index (χ4v) is 3.13. The van der Waals surface area contributed by atoms with Crippen molar-refractivity contribution in [2.45, 2.75) is 30.8 Å². The van der Waals surface area contributed by atoms with Crippen LogP contribution in [-0.2, 0) is 4.74 Å². The van der Waals surface area contributed by atoms with E-state index in [4.69, 9.17) is 9.84 Å². The van der Waals surface area contributed by atoms with Crippen LogP contribution >= 0.6 is 0 Å². The Morgan fingerprint density at radius 3 is 2.89 bits per heavy atom. The first kappa shape index (κ1) is 12.4. The maximum Gasteiger partial charge on any atom is 0.407 e. The minimum absolute atomic E-state index is 0.119. The summed E-state index contributed by atoms with van der Waals surface area (Å²) in [4.78, 5) is 16.6. The highest BCUT2D eigenvalue weighted by Crippen LogP contribution is 2.42. The van der Waals surface area contributed by atoms with Gasteiger partial charge in [0.25, 0.3) is 0 Å². The lowest BCUT2D eigenvalue weighted by Gasteiger charge is -2.37. The van der Waals surface area contributed by atoms with Crippen LogP contribution < -0.4 is 0 Å². The Labute approximate surface area is 112 Å². The summed E-state index contributed by atoms with van der Waals surface area (Å²) in [5, 5.41) is 8.98. The molecule has 0 saturated carbocycles. The molecule has 19 heavy (non-hydrogen) atoms. The van der Waals surface area contributed by atoms with Crippen molar-refractivity contribution in [1.29, 1.82) is 0 Å². The van der Waals surface area contributed by atoms with Crippen LogP contribution in [0.2, 0.25) is 0 Å². The number of hydrogen-bond acceptors (Lipinski definition) is 3. The van der Waals surface area contributed by atoms with Gasteiger partial charge in [-0.3, -0.25) is 4.98 Å². The van der Waals surface area contributed by atoms with Gasteiger partial charge in [0, 0.05) is 31.4 Å². The molecule has 1 atom stereocenters. The van der Waals surface area contributed by atoms with Crippen molar-refractivity contribution in [3.8, 4) is 0 Å². The number of nitrogens with zero attached hydrogens (tertiary/aromatic N) is 2. The molecular formula is C14H18N2O3. The second-order valence-corrected chi connectivity index (χ2v) is 5.45. The molecule has 2 aliphatic heterocycles. The minimum Gasteiger partial charge on any atom is -0.465 e. The summed E-state index contributed by atoms with van der Waals surface area (Å²) in [5.41, 5.74) is 1.10. The van der Waals surface area contributed by atoms with Crippen molar-refractivity contribution in [3.05, 3.63) is 30.1 Å². The topological polar surface area (TPSA) is 62.7 Å². The molecule has 5 nitrogen and oxygen atoms in total. The molecule has 2 aliphatic rings. The molecule has 2 fully saturated rings. The van der Waals surface area contributed by atoms with Crippen molar-refractivity contribution < 1.29 is 14.6 Å². The highest BCUT2D eigenvalue weighted by molar-refractivity contribution is 5.65. The summed E-state index contributed by atoms with van der Waals surface area (Å²) in [6, 6.07) is 4.04. The summed E-state index contributed by atoms with van der Waals surface area (Å²) in [5.74, 6) is 0.394. The maximum absolute atomic E-state index is 10.9. The van der Waals surface area contributed by atoms with E-state index in [2.05, 4.69) is 11.1 Å². The van der Waals surface area contributed by atoms with E-state index in [1.54, 1.807) is 6.20 Å². The predicted molar refractivity (Wildman–Crippen MR) is 69.1 cm³/mol. The Morgan fingerprint density at radius 2 is 2.26 bits per heavy atom. The SMILES string of the molecule is O=C(O)N1CCC2(CC1)CC(c1cccnc1)CO2. The first-order valence-electron chi connectivity index (χ1n) is 6.70. The van der Waals surface area contributed by atoms with Crippen LogP contribution in [0.15, 0.2) is 24.5 Å². The second-order valence-electron chi connectivity index (χ2n) is 5.45. The summed E-state index contributed by atoms with van der Waals surface area (Å²) in [6.07, 6.45) is 5.44. The summed E-state index contributed by atoms with van der Waals surface area (Å²) in [6.45, 7) is 1.88. The number of aromatic nitrogens is 1. The molecule has 3 heterocycles. The number of piperidine rings is 1. The van der Waals surface area contributed by atoms with Crippen LogP contribution in [-0.4, -0.2) is 46.4 Å². The first-order valence-corrected chi connectivity index (χ1v) is 6.70. The van der Waals surface area contributed by atoms with Gasteiger partial charge in [0.1, 0.15) is 0 Å². The maximum atomic E-state index is 10.9. The molecule has 1 N–H and O–H groups in total. The van der Waals surface area contributed by atoms with E-state index in [9.17, 15) is 4.79 Å². The van der Waals surface area contributed by atoms with E-state index in [-0.39, 0.29) is 5.60 Å². The van der Waals surface area contributed by atoms with E-state index in [1.165, 1.54) is 10.5 Å². The smallest absolute Gasteiger partial charge is 0.407 e. The van der Waals surface area contributed by atoms with Crippen molar-refractivity contribution in [2.75, 3.05) is 19.7 Å². The van der Waals surface area contributed by atoms with Gasteiger partial charge in [0.15, 0.2) is 0 Å². The molecule has 1 aromatic rings. The highest BCUT2D eigenvalue weighted by Gasteiger charge is 2.43. The van der Waals surface area contributed by atoms with Crippen molar-refractivity contribution >= 4 is 6.09 Å². The molecule has 0 radical (unpaired) electrons. The molecule has 1 unspecified atom stereocenters. The van der Waals surface area contributed by atoms with Gasteiger partial charge in [0.2, 0.25) is 0 Å². The average molecular weight is 262 g/mol. The third kappa shape index (κ3) is 2.42. The molecule has 1 spiro atoms. The number of likely N-dealkylation sites (tertiary alicyclic amines) is 1. The summed E-state index contributed by atoms with van der Waals surface area (Å²) in [7, 11) is 0. The zero-order valence-corrected chi connectivity index (χ0v) is 10.8. The highest BCUT2D eigenvalue weighted by atomic mass is 16.5. The van der Waals surface area contributed by atoms with Crippen molar-refractivity contribution in [2.24, 2.45) is 0 Å². The Bertz CT molecular complexity index is 455. The third-order valence-corrected chi connectivity index (χ3v) is 4.31. The zero-order valence-electron chi connectivity index (χ0n) is 10.8. The van der Waals surface area contributed by atoms with Crippen LogP contribution in [0.4, 0.5) is 4.79 Å². The predicted octanol–water partition coefficient (Wildman–Crippen LogP) is 2.10. The van der Waals surface area contributed by atoms with Gasteiger partial charge in [0.05, 0.1) is 12.2 Å². The second kappa shape index (κ2) is 4.81. The van der Waals surface area contributed by atoms with Crippen LogP contribution in [0.1, 0.15) is 30.7 Å². The van der Waals surface area contributed by atoms with Gasteiger partial charge in [-0.1, -0.05) is 6.07 Å².